The topological polar surface area (TPSA) is 77.4 Å². The minimum Gasteiger partial charge on any atom is -0.504 e. The van der Waals surface area contributed by atoms with Gasteiger partial charge in [-0.25, -0.2) is 9.79 Å². The second-order valence-corrected chi connectivity index (χ2v) is 5.54. The van der Waals surface area contributed by atoms with Gasteiger partial charge in [-0.05, 0) is 36.8 Å². The van der Waals surface area contributed by atoms with E-state index in [1.807, 2.05) is 30.3 Å². The van der Waals surface area contributed by atoms with Gasteiger partial charge in [-0.2, -0.15) is 0 Å². The zero-order valence-electron chi connectivity index (χ0n) is 14.1. The van der Waals surface area contributed by atoms with Crippen molar-refractivity contribution in [2.24, 2.45) is 4.99 Å². The summed E-state index contributed by atoms with van der Waals surface area (Å²) in [7, 11) is 1.44. The lowest BCUT2D eigenvalue weighted by atomic mass is 9.91. The predicted octanol–water partition coefficient (Wildman–Crippen LogP) is 2.64. The number of hydrogen-bond acceptors (Lipinski definition) is 6. The van der Waals surface area contributed by atoms with Crippen LogP contribution in [0, 0.1) is 0 Å². The highest BCUT2D eigenvalue weighted by Gasteiger charge is 2.48. The van der Waals surface area contributed by atoms with E-state index in [9.17, 15) is 9.90 Å². The average molecular weight is 341 g/mol. The number of aromatic hydroxyl groups is 1. The lowest BCUT2D eigenvalue weighted by Crippen LogP contribution is -2.37. The molecule has 0 aliphatic carbocycles. The van der Waals surface area contributed by atoms with Gasteiger partial charge in [0.15, 0.2) is 11.5 Å². The first-order chi connectivity index (χ1) is 12.1. The maximum Gasteiger partial charge on any atom is 0.342 e. The molecule has 0 saturated heterocycles. The molecule has 0 aromatic heterocycles. The summed E-state index contributed by atoms with van der Waals surface area (Å²) in [5.41, 5.74) is -0.0201. The Morgan fingerprint density at radius 3 is 2.72 bits per heavy atom. The number of aliphatic imine (C=N–C) groups is 1. The summed E-state index contributed by atoms with van der Waals surface area (Å²) >= 11 is 0. The van der Waals surface area contributed by atoms with Crippen LogP contribution < -0.4 is 4.74 Å². The van der Waals surface area contributed by atoms with Crippen molar-refractivity contribution in [2.75, 3.05) is 20.3 Å². The van der Waals surface area contributed by atoms with Crippen molar-refractivity contribution in [1.29, 1.82) is 0 Å². The van der Waals surface area contributed by atoms with Crippen LogP contribution in [0.3, 0.4) is 0 Å². The molecule has 0 spiro atoms. The van der Waals surface area contributed by atoms with Crippen molar-refractivity contribution < 1.29 is 24.1 Å². The molecule has 1 N–H and O–H groups in total. The zero-order valence-corrected chi connectivity index (χ0v) is 14.1. The van der Waals surface area contributed by atoms with Crippen LogP contribution in [0.4, 0.5) is 0 Å². The Bertz CT molecular complexity index is 803. The van der Waals surface area contributed by atoms with E-state index < -0.39 is 11.5 Å². The van der Waals surface area contributed by atoms with Crippen molar-refractivity contribution >= 4 is 11.9 Å². The fraction of sp³-hybridized carbons (Fsp3) is 0.263. The predicted molar refractivity (Wildman–Crippen MR) is 91.9 cm³/mol. The first kappa shape index (κ1) is 16.8. The summed E-state index contributed by atoms with van der Waals surface area (Å²) in [4.78, 5) is 17.3. The quantitative estimate of drug-likeness (QED) is 0.846. The number of phenolic OH excluding ortho intramolecular Hbond substituents is 1. The van der Waals surface area contributed by atoms with Gasteiger partial charge in [0.25, 0.3) is 0 Å². The fourth-order valence-corrected chi connectivity index (χ4v) is 2.69. The van der Waals surface area contributed by atoms with Gasteiger partial charge in [0.1, 0.15) is 6.61 Å². The normalized spacial score (nSPS) is 19.0. The van der Waals surface area contributed by atoms with Crippen LogP contribution in [0.5, 0.6) is 11.5 Å². The van der Waals surface area contributed by atoms with Crippen molar-refractivity contribution in [3.63, 3.8) is 0 Å². The van der Waals surface area contributed by atoms with Crippen LogP contribution in [0.25, 0.3) is 0 Å². The Morgan fingerprint density at radius 1 is 1.28 bits per heavy atom. The van der Waals surface area contributed by atoms with Gasteiger partial charge in [0.2, 0.25) is 11.4 Å². The SMILES string of the molecule is CCOC(=O)C1(c2ccc(O)c(OC)c2)COC(c2ccccc2)=N1. The average Bonchev–Trinajstić information content (AvgIpc) is 3.10. The first-order valence-electron chi connectivity index (χ1n) is 7.93. The minimum absolute atomic E-state index is 0.0172. The molecule has 0 bridgehead atoms. The molecule has 1 aliphatic heterocycles. The van der Waals surface area contributed by atoms with E-state index in [0.29, 0.717) is 11.5 Å². The van der Waals surface area contributed by atoms with Crippen LogP contribution in [-0.2, 0) is 19.8 Å². The monoisotopic (exact) mass is 341 g/mol. The van der Waals surface area contributed by atoms with Crippen molar-refractivity contribution in [1.82, 2.24) is 0 Å². The number of rotatable bonds is 5. The number of hydrogen-bond donors (Lipinski definition) is 1. The molecule has 1 heterocycles. The highest BCUT2D eigenvalue weighted by Crippen LogP contribution is 2.38. The van der Waals surface area contributed by atoms with Crippen LogP contribution >= 0.6 is 0 Å². The van der Waals surface area contributed by atoms with Gasteiger partial charge in [0.05, 0.1) is 13.7 Å². The number of esters is 1. The smallest absolute Gasteiger partial charge is 0.342 e. The molecule has 0 saturated carbocycles. The second kappa shape index (κ2) is 6.84. The minimum atomic E-state index is -1.33. The van der Waals surface area contributed by atoms with E-state index >= 15 is 0 Å². The second-order valence-electron chi connectivity index (χ2n) is 5.54. The highest BCUT2D eigenvalue weighted by atomic mass is 16.5. The lowest BCUT2D eigenvalue weighted by molar-refractivity contribution is -0.150. The summed E-state index contributed by atoms with van der Waals surface area (Å²) in [5.74, 6) is 0.107. The number of carbonyl (C=O) groups excluding carboxylic acids is 1. The Kier molecular flexibility index (Phi) is 4.61. The standard InChI is InChI=1S/C19H19NO5/c1-3-24-18(22)19(14-9-10-15(21)16(11-14)23-2)12-25-17(20-19)13-7-5-4-6-8-13/h4-11,21H,3,12H2,1-2H3. The van der Waals surface area contributed by atoms with E-state index in [-0.39, 0.29) is 24.7 Å². The number of methoxy groups -OCH3 is 1. The van der Waals surface area contributed by atoms with Crippen LogP contribution in [-0.4, -0.2) is 37.3 Å². The number of carbonyl (C=O) groups is 1. The van der Waals surface area contributed by atoms with Crippen molar-refractivity contribution in [2.45, 2.75) is 12.5 Å². The zero-order chi connectivity index (χ0) is 17.9. The Hall–Kier alpha value is -3.02. The summed E-state index contributed by atoms with van der Waals surface area (Å²) < 4.78 is 16.1. The van der Waals surface area contributed by atoms with Crippen LogP contribution in [0.1, 0.15) is 18.1 Å². The molecule has 0 radical (unpaired) electrons. The first-order valence-corrected chi connectivity index (χ1v) is 7.93. The largest absolute Gasteiger partial charge is 0.504 e. The van der Waals surface area contributed by atoms with E-state index in [0.717, 1.165) is 5.56 Å². The molecule has 25 heavy (non-hydrogen) atoms. The summed E-state index contributed by atoms with van der Waals surface area (Å²) in [6.07, 6.45) is 0. The van der Waals surface area contributed by atoms with Crippen molar-refractivity contribution in [3.8, 4) is 11.5 Å². The number of benzene rings is 2. The number of ether oxygens (including phenoxy) is 3. The fourth-order valence-electron chi connectivity index (χ4n) is 2.69. The maximum absolute atomic E-state index is 12.7. The molecular weight excluding hydrogens is 322 g/mol. The van der Waals surface area contributed by atoms with Crippen molar-refractivity contribution in [3.05, 3.63) is 59.7 Å². The number of phenols is 1. The Labute approximate surface area is 145 Å². The third-order valence-corrected chi connectivity index (χ3v) is 4.00. The van der Waals surface area contributed by atoms with E-state index in [1.165, 1.54) is 13.2 Å². The summed E-state index contributed by atoms with van der Waals surface area (Å²) in [6.45, 7) is 1.98. The molecule has 6 nitrogen and oxygen atoms in total. The molecule has 0 fully saturated rings. The summed E-state index contributed by atoms with van der Waals surface area (Å²) in [6, 6.07) is 14.0. The van der Waals surface area contributed by atoms with Gasteiger partial charge in [-0.3, -0.25) is 0 Å². The molecule has 6 heteroatoms. The van der Waals surface area contributed by atoms with Crippen LogP contribution in [0.15, 0.2) is 53.5 Å². The molecule has 130 valence electrons. The molecule has 1 atom stereocenters. The molecule has 3 rings (SSSR count). The van der Waals surface area contributed by atoms with Crippen LogP contribution in [0.2, 0.25) is 0 Å². The van der Waals surface area contributed by atoms with Gasteiger partial charge in [0, 0.05) is 5.56 Å². The van der Waals surface area contributed by atoms with Gasteiger partial charge >= 0.3 is 5.97 Å². The van der Waals surface area contributed by atoms with E-state index in [4.69, 9.17) is 14.2 Å². The lowest BCUT2D eigenvalue weighted by Gasteiger charge is -2.22. The Morgan fingerprint density at radius 2 is 2.04 bits per heavy atom. The molecular formula is C19H19NO5. The molecule has 2 aromatic carbocycles. The van der Waals surface area contributed by atoms with Gasteiger partial charge in [-0.1, -0.05) is 24.3 Å². The molecule has 0 amide bonds. The summed E-state index contributed by atoms with van der Waals surface area (Å²) in [5, 5.41) is 9.83. The van der Waals surface area contributed by atoms with Gasteiger partial charge < -0.3 is 19.3 Å². The number of nitrogens with zero attached hydrogens (tertiary/aromatic N) is 1. The third kappa shape index (κ3) is 3.03. The Balaban J connectivity index is 2.10. The molecule has 1 aliphatic rings. The van der Waals surface area contributed by atoms with E-state index in [1.54, 1.807) is 19.1 Å². The van der Waals surface area contributed by atoms with E-state index in [2.05, 4.69) is 4.99 Å². The molecule has 2 aromatic rings. The van der Waals surface area contributed by atoms with Gasteiger partial charge in [-0.15, -0.1) is 0 Å². The molecule has 1 unspecified atom stereocenters. The third-order valence-electron chi connectivity index (χ3n) is 4.00. The highest BCUT2D eigenvalue weighted by molar-refractivity contribution is 5.99. The maximum atomic E-state index is 12.7.